The third-order valence-electron chi connectivity index (χ3n) is 5.22. The summed E-state index contributed by atoms with van der Waals surface area (Å²) in [4.78, 5) is 18.4. The van der Waals surface area contributed by atoms with E-state index in [1.54, 1.807) is 0 Å². The van der Waals surface area contributed by atoms with Crippen LogP contribution in [-0.2, 0) is 24.2 Å². The first kappa shape index (κ1) is 17.3. The minimum absolute atomic E-state index is 0.195. The number of fused-ring (bicyclic) bond motifs is 1. The van der Waals surface area contributed by atoms with Gasteiger partial charge in [0.15, 0.2) is 0 Å². The molecular formula is C19H20Cl2N2OS. The Kier molecular flexibility index (Phi) is 5.05. The van der Waals surface area contributed by atoms with Crippen LogP contribution in [0.2, 0.25) is 10.0 Å². The van der Waals surface area contributed by atoms with Crippen LogP contribution in [0.4, 0.5) is 0 Å². The van der Waals surface area contributed by atoms with Crippen molar-refractivity contribution in [1.29, 1.82) is 0 Å². The van der Waals surface area contributed by atoms with Crippen LogP contribution in [0, 0.1) is 0 Å². The normalized spacial score (nSPS) is 18.1. The van der Waals surface area contributed by atoms with Crippen LogP contribution in [0.15, 0.2) is 29.6 Å². The van der Waals surface area contributed by atoms with Gasteiger partial charge in [0, 0.05) is 53.6 Å². The minimum Gasteiger partial charge on any atom is -0.339 e. The predicted octanol–water partition coefficient (Wildman–Crippen LogP) is 4.26. The summed E-state index contributed by atoms with van der Waals surface area (Å²) in [5.41, 5.74) is 2.34. The fourth-order valence-corrected chi connectivity index (χ4v) is 5.11. The van der Waals surface area contributed by atoms with Crippen LogP contribution in [0.3, 0.4) is 0 Å². The minimum atomic E-state index is 0.195. The van der Waals surface area contributed by atoms with Gasteiger partial charge >= 0.3 is 0 Å². The molecule has 25 heavy (non-hydrogen) atoms. The van der Waals surface area contributed by atoms with E-state index in [0.717, 1.165) is 38.2 Å². The maximum atomic E-state index is 12.4. The lowest BCUT2D eigenvalue weighted by molar-refractivity contribution is -0.138. The standard InChI is InChI=1S/C19H20Cl2N2OS/c20-16-2-1-3-17(21)15(16)4-5-19(24)23-11-14(12-23)22-8-6-18-13(10-22)7-9-25-18/h1-3,7,9,14H,4-6,8,10-12H2. The average molecular weight is 395 g/mol. The van der Waals surface area contributed by atoms with Crippen LogP contribution in [-0.4, -0.2) is 41.4 Å². The van der Waals surface area contributed by atoms with E-state index < -0.39 is 0 Å². The summed E-state index contributed by atoms with van der Waals surface area (Å²) in [6.45, 7) is 3.82. The molecule has 0 aliphatic carbocycles. The van der Waals surface area contributed by atoms with Crippen LogP contribution < -0.4 is 0 Å². The maximum absolute atomic E-state index is 12.4. The Hall–Kier alpha value is -1.07. The highest BCUT2D eigenvalue weighted by atomic mass is 35.5. The Bertz CT molecular complexity index is 765. The summed E-state index contributed by atoms with van der Waals surface area (Å²) < 4.78 is 0. The van der Waals surface area contributed by atoms with Crippen molar-refractivity contribution >= 4 is 40.4 Å². The Labute approximate surface area is 162 Å². The molecule has 0 atom stereocenters. The molecule has 3 nitrogen and oxygen atoms in total. The molecule has 1 saturated heterocycles. The van der Waals surface area contributed by atoms with Gasteiger partial charge in [-0.05, 0) is 47.5 Å². The van der Waals surface area contributed by atoms with Crippen molar-refractivity contribution in [3.05, 3.63) is 55.7 Å². The number of hydrogen-bond acceptors (Lipinski definition) is 3. The molecule has 1 fully saturated rings. The lowest BCUT2D eigenvalue weighted by Gasteiger charge is -2.46. The molecule has 0 unspecified atom stereocenters. The third-order valence-corrected chi connectivity index (χ3v) is 6.95. The van der Waals surface area contributed by atoms with Crippen molar-refractivity contribution < 1.29 is 4.79 Å². The Morgan fingerprint density at radius 1 is 1.20 bits per heavy atom. The molecule has 0 N–H and O–H groups in total. The highest BCUT2D eigenvalue weighted by Crippen LogP contribution is 2.29. The van der Waals surface area contributed by atoms with Crippen LogP contribution in [0.5, 0.6) is 0 Å². The summed E-state index contributed by atoms with van der Waals surface area (Å²) in [5, 5.41) is 3.47. The zero-order chi connectivity index (χ0) is 17.4. The summed E-state index contributed by atoms with van der Waals surface area (Å²) in [5.74, 6) is 0.195. The van der Waals surface area contributed by atoms with Gasteiger partial charge in [0.25, 0.3) is 0 Å². The largest absolute Gasteiger partial charge is 0.339 e. The van der Waals surface area contributed by atoms with Gasteiger partial charge in [-0.1, -0.05) is 29.3 Å². The molecule has 2 aliphatic heterocycles. The zero-order valence-corrected chi connectivity index (χ0v) is 16.2. The van der Waals surface area contributed by atoms with Gasteiger partial charge in [0.05, 0.1) is 0 Å². The van der Waals surface area contributed by atoms with Crippen molar-refractivity contribution in [2.75, 3.05) is 19.6 Å². The molecule has 1 aromatic heterocycles. The van der Waals surface area contributed by atoms with Crippen molar-refractivity contribution in [3.8, 4) is 0 Å². The van der Waals surface area contributed by atoms with Gasteiger partial charge in [-0.15, -0.1) is 11.3 Å². The molecule has 0 spiro atoms. The second-order valence-corrected chi connectivity index (χ2v) is 8.56. The van der Waals surface area contributed by atoms with E-state index in [9.17, 15) is 4.79 Å². The topological polar surface area (TPSA) is 23.6 Å². The molecule has 2 aliphatic rings. The summed E-state index contributed by atoms with van der Waals surface area (Å²) in [6.07, 6.45) is 2.20. The number of amides is 1. The number of likely N-dealkylation sites (tertiary alicyclic amines) is 1. The number of halogens is 2. The van der Waals surface area contributed by atoms with Gasteiger partial charge in [-0.3, -0.25) is 9.69 Å². The number of carbonyl (C=O) groups excluding carboxylic acids is 1. The Balaban J connectivity index is 1.27. The summed E-state index contributed by atoms with van der Waals surface area (Å²) in [7, 11) is 0. The van der Waals surface area contributed by atoms with E-state index in [1.165, 1.54) is 10.4 Å². The SMILES string of the molecule is O=C(CCc1c(Cl)cccc1Cl)N1CC(N2CCc3sccc3C2)C1. The molecule has 132 valence electrons. The first-order valence-electron chi connectivity index (χ1n) is 8.62. The van der Waals surface area contributed by atoms with E-state index >= 15 is 0 Å². The van der Waals surface area contributed by atoms with E-state index in [0.29, 0.717) is 28.9 Å². The lowest BCUT2D eigenvalue weighted by atomic mass is 10.0. The zero-order valence-electron chi connectivity index (χ0n) is 13.9. The van der Waals surface area contributed by atoms with Gasteiger partial charge in [0.2, 0.25) is 5.91 Å². The lowest BCUT2D eigenvalue weighted by Crippen LogP contribution is -2.61. The molecule has 1 amide bonds. The highest BCUT2D eigenvalue weighted by Gasteiger charge is 2.35. The summed E-state index contributed by atoms with van der Waals surface area (Å²) >= 11 is 14.2. The van der Waals surface area contributed by atoms with E-state index in [1.807, 2.05) is 34.4 Å². The monoisotopic (exact) mass is 394 g/mol. The number of nitrogens with zero attached hydrogens (tertiary/aromatic N) is 2. The van der Waals surface area contributed by atoms with E-state index in [-0.39, 0.29) is 5.91 Å². The molecule has 4 rings (SSSR count). The highest BCUT2D eigenvalue weighted by molar-refractivity contribution is 7.10. The van der Waals surface area contributed by atoms with Crippen LogP contribution >= 0.6 is 34.5 Å². The average Bonchev–Trinajstić information content (AvgIpc) is 3.01. The summed E-state index contributed by atoms with van der Waals surface area (Å²) in [6, 6.07) is 8.21. The second-order valence-electron chi connectivity index (χ2n) is 6.74. The molecule has 6 heteroatoms. The van der Waals surface area contributed by atoms with Crippen LogP contribution in [0.25, 0.3) is 0 Å². The molecule has 0 saturated carbocycles. The fraction of sp³-hybridized carbons (Fsp3) is 0.421. The first-order chi connectivity index (χ1) is 12.1. The van der Waals surface area contributed by atoms with Gasteiger partial charge in [0.1, 0.15) is 0 Å². The molecule has 0 radical (unpaired) electrons. The van der Waals surface area contributed by atoms with Crippen molar-refractivity contribution in [1.82, 2.24) is 9.80 Å². The quantitative estimate of drug-likeness (QED) is 0.773. The second kappa shape index (κ2) is 7.28. The Morgan fingerprint density at radius 2 is 1.96 bits per heavy atom. The van der Waals surface area contributed by atoms with Crippen molar-refractivity contribution in [2.24, 2.45) is 0 Å². The third kappa shape index (κ3) is 3.59. The van der Waals surface area contributed by atoms with E-state index in [4.69, 9.17) is 23.2 Å². The first-order valence-corrected chi connectivity index (χ1v) is 10.3. The molecule has 3 heterocycles. The van der Waals surface area contributed by atoms with Gasteiger partial charge < -0.3 is 4.90 Å². The maximum Gasteiger partial charge on any atom is 0.223 e. The number of hydrogen-bond donors (Lipinski definition) is 0. The molecule has 1 aromatic carbocycles. The number of rotatable bonds is 4. The molecule has 2 aromatic rings. The van der Waals surface area contributed by atoms with Gasteiger partial charge in [-0.2, -0.15) is 0 Å². The Morgan fingerprint density at radius 3 is 2.72 bits per heavy atom. The van der Waals surface area contributed by atoms with Gasteiger partial charge in [-0.25, -0.2) is 0 Å². The predicted molar refractivity (Wildman–Crippen MR) is 104 cm³/mol. The number of benzene rings is 1. The van der Waals surface area contributed by atoms with Crippen molar-refractivity contribution in [3.63, 3.8) is 0 Å². The van der Waals surface area contributed by atoms with E-state index in [2.05, 4.69) is 16.3 Å². The van der Waals surface area contributed by atoms with Crippen molar-refractivity contribution in [2.45, 2.75) is 31.8 Å². The molecular weight excluding hydrogens is 375 g/mol. The van der Waals surface area contributed by atoms with Crippen LogP contribution in [0.1, 0.15) is 22.4 Å². The smallest absolute Gasteiger partial charge is 0.223 e. The number of thiophene rings is 1. The number of carbonyl (C=O) groups is 1. The molecule has 0 bridgehead atoms. The fourth-order valence-electron chi connectivity index (χ4n) is 3.63.